The predicted molar refractivity (Wildman–Crippen MR) is 73.8 cm³/mol. The molecule has 130 valence electrons. The number of ether oxygens (including phenoxy) is 1. The standard InChI is InChI=1S/C12H14F5N3O2S/c1-11(2)8(23-4)6(19-22-11)5-7(12(15,16)17)18-20(3)9(5)21-10(13)14/h8,10H,1-4H3. The van der Waals surface area contributed by atoms with E-state index in [1.807, 2.05) is 0 Å². The number of nitrogens with zero attached hydrogens (tertiary/aromatic N) is 3. The maximum Gasteiger partial charge on any atom is 0.435 e. The van der Waals surface area contributed by atoms with Gasteiger partial charge in [-0.3, -0.25) is 0 Å². The van der Waals surface area contributed by atoms with E-state index in [0.29, 0.717) is 4.68 Å². The Morgan fingerprint density at radius 1 is 1.35 bits per heavy atom. The molecule has 23 heavy (non-hydrogen) atoms. The monoisotopic (exact) mass is 359 g/mol. The summed E-state index contributed by atoms with van der Waals surface area (Å²) in [5, 5.41) is 6.36. The van der Waals surface area contributed by atoms with Crippen molar-refractivity contribution >= 4 is 17.5 Å². The first kappa shape index (κ1) is 17.8. The highest BCUT2D eigenvalue weighted by molar-refractivity contribution is 8.00. The van der Waals surface area contributed by atoms with Gasteiger partial charge in [-0.05, 0) is 20.1 Å². The molecule has 0 fully saturated rings. The Kier molecular flexibility index (Phi) is 4.53. The number of oxime groups is 1. The van der Waals surface area contributed by atoms with Crippen LogP contribution in [-0.4, -0.2) is 39.2 Å². The number of aryl methyl sites for hydroxylation is 1. The average molecular weight is 359 g/mol. The fourth-order valence-corrected chi connectivity index (χ4v) is 3.32. The molecule has 0 radical (unpaired) electrons. The summed E-state index contributed by atoms with van der Waals surface area (Å²) < 4.78 is 69.7. The Hall–Kier alpha value is -1.52. The minimum atomic E-state index is -4.85. The Bertz CT molecular complexity index is 627. The largest absolute Gasteiger partial charge is 0.435 e. The van der Waals surface area contributed by atoms with Crippen LogP contribution in [0.3, 0.4) is 0 Å². The topological polar surface area (TPSA) is 48.6 Å². The van der Waals surface area contributed by atoms with Crippen molar-refractivity contribution in [3.05, 3.63) is 11.3 Å². The molecule has 2 heterocycles. The lowest BCUT2D eigenvalue weighted by Gasteiger charge is -2.23. The van der Waals surface area contributed by atoms with Crippen LogP contribution in [0.25, 0.3) is 0 Å². The first-order valence-corrected chi connectivity index (χ1v) is 7.66. The zero-order valence-electron chi connectivity index (χ0n) is 12.6. The highest BCUT2D eigenvalue weighted by atomic mass is 32.2. The van der Waals surface area contributed by atoms with Crippen molar-refractivity contribution in [2.24, 2.45) is 12.2 Å². The number of thioether (sulfide) groups is 1. The molecule has 1 aromatic heterocycles. The molecule has 1 atom stereocenters. The van der Waals surface area contributed by atoms with Crippen LogP contribution < -0.4 is 4.74 Å². The predicted octanol–water partition coefficient (Wildman–Crippen LogP) is 3.28. The van der Waals surface area contributed by atoms with Crippen LogP contribution in [0.15, 0.2) is 5.16 Å². The van der Waals surface area contributed by atoms with Crippen molar-refractivity contribution in [1.29, 1.82) is 0 Å². The highest BCUT2D eigenvalue weighted by Gasteiger charge is 2.48. The van der Waals surface area contributed by atoms with Gasteiger partial charge < -0.3 is 9.57 Å². The van der Waals surface area contributed by atoms with Crippen LogP contribution in [0.2, 0.25) is 0 Å². The van der Waals surface area contributed by atoms with Crippen molar-refractivity contribution in [2.75, 3.05) is 6.26 Å². The fourth-order valence-electron chi connectivity index (χ4n) is 2.32. The molecule has 0 aliphatic carbocycles. The molecular weight excluding hydrogens is 345 g/mol. The summed E-state index contributed by atoms with van der Waals surface area (Å²) in [5.41, 5.74) is -2.98. The van der Waals surface area contributed by atoms with E-state index in [0.717, 1.165) is 7.05 Å². The summed E-state index contributed by atoms with van der Waals surface area (Å²) >= 11 is 1.20. The van der Waals surface area contributed by atoms with E-state index in [2.05, 4.69) is 15.0 Å². The molecule has 0 saturated heterocycles. The van der Waals surface area contributed by atoms with Crippen LogP contribution in [0.5, 0.6) is 5.88 Å². The molecule has 0 N–H and O–H groups in total. The smallest absolute Gasteiger partial charge is 0.416 e. The Balaban J connectivity index is 2.64. The van der Waals surface area contributed by atoms with E-state index in [1.54, 1.807) is 20.1 Å². The molecule has 0 saturated carbocycles. The van der Waals surface area contributed by atoms with Crippen molar-refractivity contribution in [1.82, 2.24) is 9.78 Å². The summed E-state index contributed by atoms with van der Waals surface area (Å²) in [6.45, 7) is -0.0157. The van der Waals surface area contributed by atoms with Gasteiger partial charge in [-0.15, -0.1) is 0 Å². The molecule has 5 nitrogen and oxygen atoms in total. The molecule has 0 aromatic carbocycles. The van der Waals surface area contributed by atoms with Gasteiger partial charge in [0.05, 0.1) is 10.8 Å². The van der Waals surface area contributed by atoms with Gasteiger partial charge in [0, 0.05) is 7.05 Å². The molecule has 0 bridgehead atoms. The third kappa shape index (κ3) is 3.24. The lowest BCUT2D eigenvalue weighted by atomic mass is 9.96. The quantitative estimate of drug-likeness (QED) is 0.774. The molecule has 2 rings (SSSR count). The van der Waals surface area contributed by atoms with Gasteiger partial charge in [0.1, 0.15) is 11.3 Å². The van der Waals surface area contributed by atoms with Crippen molar-refractivity contribution in [2.45, 2.75) is 37.5 Å². The van der Waals surface area contributed by atoms with E-state index in [9.17, 15) is 22.0 Å². The summed E-state index contributed by atoms with van der Waals surface area (Å²) in [5.74, 6) is -0.702. The highest BCUT2D eigenvalue weighted by Crippen LogP contribution is 2.42. The lowest BCUT2D eigenvalue weighted by Crippen LogP contribution is -2.36. The van der Waals surface area contributed by atoms with Gasteiger partial charge in [0.25, 0.3) is 0 Å². The van der Waals surface area contributed by atoms with Gasteiger partial charge in [0.2, 0.25) is 5.88 Å². The van der Waals surface area contributed by atoms with Gasteiger partial charge in [-0.1, -0.05) is 5.16 Å². The number of aromatic nitrogens is 2. The van der Waals surface area contributed by atoms with Crippen LogP contribution in [-0.2, 0) is 18.1 Å². The van der Waals surface area contributed by atoms with Crippen LogP contribution in [0.4, 0.5) is 22.0 Å². The molecule has 1 aliphatic heterocycles. The van der Waals surface area contributed by atoms with Gasteiger partial charge in [-0.25, -0.2) is 4.68 Å². The normalized spacial score (nSPS) is 20.6. The third-order valence-corrected chi connectivity index (χ3v) is 4.48. The van der Waals surface area contributed by atoms with E-state index in [-0.39, 0.29) is 5.71 Å². The van der Waals surface area contributed by atoms with Crippen LogP contribution in [0.1, 0.15) is 25.1 Å². The van der Waals surface area contributed by atoms with Crippen LogP contribution >= 0.6 is 11.8 Å². The second-order valence-electron chi connectivity index (χ2n) is 5.32. The van der Waals surface area contributed by atoms with Crippen molar-refractivity contribution < 1.29 is 31.5 Å². The fraction of sp³-hybridized carbons (Fsp3) is 0.667. The minimum Gasteiger partial charge on any atom is -0.416 e. The van der Waals surface area contributed by atoms with Gasteiger partial charge >= 0.3 is 12.8 Å². The summed E-state index contributed by atoms with van der Waals surface area (Å²) in [4.78, 5) is 5.17. The first-order valence-electron chi connectivity index (χ1n) is 6.37. The number of rotatable bonds is 4. The van der Waals surface area contributed by atoms with Crippen LogP contribution in [0, 0.1) is 0 Å². The minimum absolute atomic E-state index is 0.126. The summed E-state index contributed by atoms with van der Waals surface area (Å²) in [6.07, 6.45) is -3.19. The van der Waals surface area contributed by atoms with E-state index < -0.39 is 40.8 Å². The lowest BCUT2D eigenvalue weighted by molar-refractivity contribution is -0.141. The molecule has 0 spiro atoms. The number of hydrogen-bond acceptors (Lipinski definition) is 5. The summed E-state index contributed by atoms with van der Waals surface area (Å²) in [7, 11) is 1.09. The van der Waals surface area contributed by atoms with Gasteiger partial charge in [-0.2, -0.15) is 38.8 Å². The zero-order valence-corrected chi connectivity index (χ0v) is 13.4. The van der Waals surface area contributed by atoms with Crippen molar-refractivity contribution in [3.63, 3.8) is 0 Å². The summed E-state index contributed by atoms with van der Waals surface area (Å²) in [6, 6.07) is 0. The molecule has 1 aliphatic rings. The molecule has 11 heteroatoms. The Morgan fingerprint density at radius 3 is 2.43 bits per heavy atom. The van der Waals surface area contributed by atoms with E-state index >= 15 is 0 Å². The Labute approximate surface area is 132 Å². The molecular formula is C12H14F5N3O2S. The second-order valence-corrected chi connectivity index (χ2v) is 6.26. The number of hydrogen-bond donors (Lipinski definition) is 0. The van der Waals surface area contributed by atoms with E-state index in [1.165, 1.54) is 11.8 Å². The second kappa shape index (κ2) is 5.84. The zero-order chi connectivity index (χ0) is 17.6. The molecule has 0 amide bonds. The Morgan fingerprint density at radius 2 is 1.96 bits per heavy atom. The maximum absolute atomic E-state index is 13.2. The van der Waals surface area contributed by atoms with Gasteiger partial charge in [0.15, 0.2) is 5.69 Å². The SMILES string of the molecule is CSC1C(c2c(C(F)(F)F)nn(C)c2OC(F)F)=NOC1(C)C. The van der Waals surface area contributed by atoms with Crippen molar-refractivity contribution in [3.8, 4) is 5.88 Å². The number of alkyl halides is 5. The average Bonchev–Trinajstić information content (AvgIpc) is 2.86. The molecule has 1 aromatic rings. The first-order chi connectivity index (χ1) is 10.5. The third-order valence-electron chi connectivity index (χ3n) is 3.21. The number of halogens is 5. The maximum atomic E-state index is 13.2. The molecule has 1 unspecified atom stereocenters. The van der Waals surface area contributed by atoms with E-state index in [4.69, 9.17) is 4.84 Å².